The predicted octanol–water partition coefficient (Wildman–Crippen LogP) is 1.95. The first-order chi connectivity index (χ1) is 6.86. The molecule has 2 heterocycles. The van der Waals surface area contributed by atoms with Crippen LogP contribution in [0, 0.1) is 6.92 Å². The lowest BCUT2D eigenvalue weighted by atomic mass is 10.2. The zero-order valence-corrected chi connectivity index (χ0v) is 8.40. The van der Waals surface area contributed by atoms with Gasteiger partial charge in [-0.25, -0.2) is 0 Å². The monoisotopic (exact) mass is 193 g/mol. The van der Waals surface area contributed by atoms with E-state index in [2.05, 4.69) is 4.98 Å². The third kappa shape index (κ3) is 2.23. The van der Waals surface area contributed by atoms with Gasteiger partial charge >= 0.3 is 0 Å². The van der Waals surface area contributed by atoms with E-state index in [1.807, 2.05) is 13.0 Å². The van der Waals surface area contributed by atoms with Gasteiger partial charge in [-0.15, -0.1) is 0 Å². The van der Waals surface area contributed by atoms with Crippen molar-refractivity contribution in [1.29, 1.82) is 0 Å². The van der Waals surface area contributed by atoms with Crippen LogP contribution in [0.15, 0.2) is 18.5 Å². The van der Waals surface area contributed by atoms with E-state index in [1.54, 1.807) is 12.4 Å². The molecule has 1 aromatic heterocycles. The van der Waals surface area contributed by atoms with Gasteiger partial charge in [-0.2, -0.15) is 0 Å². The summed E-state index contributed by atoms with van der Waals surface area (Å²) in [6.45, 7) is 3.54. The van der Waals surface area contributed by atoms with Crippen molar-refractivity contribution in [3.8, 4) is 5.75 Å². The minimum absolute atomic E-state index is 0.273. The maximum Gasteiger partial charge on any atom is 0.140 e. The van der Waals surface area contributed by atoms with Crippen molar-refractivity contribution in [1.82, 2.24) is 4.98 Å². The molecular formula is C11H15NO2. The average Bonchev–Trinajstić information content (AvgIpc) is 2.69. The first-order valence-corrected chi connectivity index (χ1v) is 5.01. The Balaban J connectivity index is 1.88. The molecule has 0 amide bonds. The number of nitrogens with zero attached hydrogens (tertiary/aromatic N) is 1. The Bertz CT molecular complexity index is 295. The second-order valence-electron chi connectivity index (χ2n) is 3.59. The van der Waals surface area contributed by atoms with Crippen LogP contribution in [0.2, 0.25) is 0 Å². The number of ether oxygens (including phenoxy) is 2. The van der Waals surface area contributed by atoms with Crippen molar-refractivity contribution in [2.45, 2.75) is 25.9 Å². The van der Waals surface area contributed by atoms with E-state index in [1.165, 1.54) is 0 Å². The molecule has 1 atom stereocenters. The first kappa shape index (κ1) is 9.46. The van der Waals surface area contributed by atoms with Gasteiger partial charge in [-0.3, -0.25) is 4.98 Å². The van der Waals surface area contributed by atoms with E-state index in [0.717, 1.165) is 30.8 Å². The Kier molecular flexibility index (Phi) is 2.99. The Hall–Kier alpha value is -1.09. The molecule has 76 valence electrons. The van der Waals surface area contributed by atoms with Gasteiger partial charge in [0.1, 0.15) is 12.4 Å². The highest BCUT2D eigenvalue weighted by Crippen LogP contribution is 2.17. The molecule has 0 spiro atoms. The van der Waals surface area contributed by atoms with Crippen molar-refractivity contribution >= 4 is 0 Å². The molecule has 3 nitrogen and oxygen atoms in total. The van der Waals surface area contributed by atoms with Crippen molar-refractivity contribution in [2.75, 3.05) is 13.2 Å². The molecule has 0 radical (unpaired) electrons. The van der Waals surface area contributed by atoms with Gasteiger partial charge < -0.3 is 9.47 Å². The van der Waals surface area contributed by atoms with Gasteiger partial charge in [-0.05, 0) is 31.4 Å². The van der Waals surface area contributed by atoms with Gasteiger partial charge in [0.05, 0.1) is 12.3 Å². The molecule has 1 aliphatic heterocycles. The molecule has 1 saturated heterocycles. The van der Waals surface area contributed by atoms with E-state index in [9.17, 15) is 0 Å². The van der Waals surface area contributed by atoms with Gasteiger partial charge in [0.2, 0.25) is 0 Å². The smallest absolute Gasteiger partial charge is 0.140 e. The fourth-order valence-electron chi connectivity index (χ4n) is 1.56. The summed E-state index contributed by atoms with van der Waals surface area (Å²) in [6.07, 6.45) is 6.06. The van der Waals surface area contributed by atoms with Crippen molar-refractivity contribution < 1.29 is 9.47 Å². The van der Waals surface area contributed by atoms with Crippen LogP contribution in [0.3, 0.4) is 0 Å². The number of pyridine rings is 1. The third-order valence-corrected chi connectivity index (χ3v) is 2.44. The van der Waals surface area contributed by atoms with Gasteiger partial charge in [0.15, 0.2) is 0 Å². The number of rotatable bonds is 3. The summed E-state index contributed by atoms with van der Waals surface area (Å²) in [5.74, 6) is 0.864. The Labute approximate surface area is 84.1 Å². The van der Waals surface area contributed by atoms with E-state index in [4.69, 9.17) is 9.47 Å². The minimum Gasteiger partial charge on any atom is -0.489 e. The number of hydrogen-bond donors (Lipinski definition) is 0. The lowest BCUT2D eigenvalue weighted by Crippen LogP contribution is -2.16. The summed E-state index contributed by atoms with van der Waals surface area (Å²) in [5.41, 5.74) is 1.12. The number of hydrogen-bond acceptors (Lipinski definition) is 3. The summed E-state index contributed by atoms with van der Waals surface area (Å²) < 4.78 is 11.1. The Morgan fingerprint density at radius 3 is 3.29 bits per heavy atom. The normalized spacial score (nSPS) is 21.1. The molecule has 0 bridgehead atoms. The largest absolute Gasteiger partial charge is 0.489 e. The standard InChI is InChI=1S/C11H15NO2/c1-9-4-5-12-7-11(9)14-8-10-3-2-6-13-10/h4-5,7,10H,2-3,6,8H2,1H3. The molecule has 0 aromatic carbocycles. The highest BCUT2D eigenvalue weighted by molar-refractivity contribution is 5.27. The molecule has 0 N–H and O–H groups in total. The van der Waals surface area contributed by atoms with Gasteiger partial charge in [-0.1, -0.05) is 0 Å². The highest BCUT2D eigenvalue weighted by atomic mass is 16.5. The summed E-state index contributed by atoms with van der Waals surface area (Å²) in [5, 5.41) is 0. The molecule has 2 rings (SSSR count). The molecule has 1 aromatic rings. The third-order valence-electron chi connectivity index (χ3n) is 2.44. The van der Waals surface area contributed by atoms with Crippen LogP contribution in [-0.2, 0) is 4.74 Å². The van der Waals surface area contributed by atoms with E-state index >= 15 is 0 Å². The van der Waals surface area contributed by atoms with Gasteiger partial charge in [0.25, 0.3) is 0 Å². The molecule has 1 aliphatic rings. The second-order valence-corrected chi connectivity index (χ2v) is 3.59. The van der Waals surface area contributed by atoms with E-state index < -0.39 is 0 Å². The molecule has 3 heteroatoms. The van der Waals surface area contributed by atoms with Crippen LogP contribution in [0.4, 0.5) is 0 Å². The average molecular weight is 193 g/mol. The van der Waals surface area contributed by atoms with Crippen molar-refractivity contribution in [3.63, 3.8) is 0 Å². The van der Waals surface area contributed by atoms with Crippen LogP contribution in [-0.4, -0.2) is 24.3 Å². The van der Waals surface area contributed by atoms with Gasteiger partial charge in [0, 0.05) is 12.8 Å². The molecule has 1 fully saturated rings. The number of aromatic nitrogens is 1. The summed E-state index contributed by atoms with van der Waals surface area (Å²) in [7, 11) is 0. The molecule has 0 aliphatic carbocycles. The Morgan fingerprint density at radius 2 is 2.57 bits per heavy atom. The van der Waals surface area contributed by atoms with Crippen LogP contribution in [0.5, 0.6) is 5.75 Å². The van der Waals surface area contributed by atoms with Crippen LogP contribution in [0.1, 0.15) is 18.4 Å². The van der Waals surface area contributed by atoms with E-state index in [-0.39, 0.29) is 6.10 Å². The zero-order chi connectivity index (χ0) is 9.80. The quantitative estimate of drug-likeness (QED) is 0.735. The maximum absolute atomic E-state index is 5.63. The highest BCUT2D eigenvalue weighted by Gasteiger charge is 2.16. The first-order valence-electron chi connectivity index (χ1n) is 5.01. The summed E-state index contributed by atoms with van der Waals surface area (Å²) in [4.78, 5) is 4.02. The minimum atomic E-state index is 0.273. The summed E-state index contributed by atoms with van der Waals surface area (Å²) in [6, 6.07) is 1.95. The lowest BCUT2D eigenvalue weighted by molar-refractivity contribution is 0.0676. The molecular weight excluding hydrogens is 178 g/mol. The van der Waals surface area contributed by atoms with Crippen LogP contribution < -0.4 is 4.74 Å². The number of aryl methyl sites for hydroxylation is 1. The zero-order valence-electron chi connectivity index (χ0n) is 8.40. The predicted molar refractivity (Wildman–Crippen MR) is 53.4 cm³/mol. The molecule has 1 unspecified atom stereocenters. The maximum atomic E-state index is 5.63. The van der Waals surface area contributed by atoms with E-state index in [0.29, 0.717) is 6.61 Å². The van der Waals surface area contributed by atoms with Crippen molar-refractivity contribution in [3.05, 3.63) is 24.0 Å². The Morgan fingerprint density at radius 1 is 1.64 bits per heavy atom. The summed E-state index contributed by atoms with van der Waals surface area (Å²) >= 11 is 0. The SMILES string of the molecule is Cc1ccncc1OCC1CCCO1. The topological polar surface area (TPSA) is 31.4 Å². The second kappa shape index (κ2) is 4.42. The lowest BCUT2D eigenvalue weighted by Gasteiger charge is -2.12. The van der Waals surface area contributed by atoms with Crippen LogP contribution >= 0.6 is 0 Å². The van der Waals surface area contributed by atoms with Crippen LogP contribution in [0.25, 0.3) is 0 Å². The fraction of sp³-hybridized carbons (Fsp3) is 0.545. The van der Waals surface area contributed by atoms with Crippen molar-refractivity contribution in [2.24, 2.45) is 0 Å². The molecule has 14 heavy (non-hydrogen) atoms. The fourth-order valence-corrected chi connectivity index (χ4v) is 1.56. The molecule has 0 saturated carbocycles.